The zero-order chi connectivity index (χ0) is 25.8. The summed E-state index contributed by atoms with van der Waals surface area (Å²) in [5.74, 6) is 2.65. The summed E-state index contributed by atoms with van der Waals surface area (Å²) in [6.45, 7) is 4.82. The fourth-order valence-electron chi connectivity index (χ4n) is 6.64. The van der Waals surface area contributed by atoms with Crippen LogP contribution in [-0.2, 0) is 9.53 Å². The molecule has 5 nitrogen and oxygen atoms in total. The van der Waals surface area contributed by atoms with E-state index in [0.29, 0.717) is 23.8 Å². The molecule has 0 aromatic heterocycles. The van der Waals surface area contributed by atoms with Gasteiger partial charge in [-0.15, -0.1) is 0 Å². The highest BCUT2D eigenvalue weighted by atomic mass is 16.5. The lowest BCUT2D eigenvalue weighted by Crippen LogP contribution is -2.52. The number of amides is 1. The number of rotatable bonds is 8. The van der Waals surface area contributed by atoms with Gasteiger partial charge in [0.25, 0.3) is 0 Å². The Kier molecular flexibility index (Phi) is 8.39. The number of aryl methyl sites for hydroxylation is 1. The molecule has 0 radical (unpaired) electrons. The van der Waals surface area contributed by atoms with Crippen molar-refractivity contribution in [2.75, 3.05) is 43.7 Å². The fourth-order valence-corrected chi connectivity index (χ4v) is 6.64. The molecule has 37 heavy (non-hydrogen) atoms. The van der Waals surface area contributed by atoms with Crippen LogP contribution in [0.3, 0.4) is 0 Å². The lowest BCUT2D eigenvalue weighted by Gasteiger charge is -2.40. The smallest absolute Gasteiger partial charge is 0.230 e. The summed E-state index contributed by atoms with van der Waals surface area (Å²) in [5, 5.41) is 0. The Labute approximate surface area is 223 Å². The van der Waals surface area contributed by atoms with Crippen LogP contribution in [0, 0.1) is 18.8 Å². The molecule has 1 saturated heterocycles. The number of ether oxygens (including phenoxy) is 2. The molecule has 1 aliphatic heterocycles. The molecular formula is C32H44N2O3. The molecule has 0 spiro atoms. The van der Waals surface area contributed by atoms with Gasteiger partial charge in [0.1, 0.15) is 5.75 Å². The molecule has 3 aliphatic rings. The van der Waals surface area contributed by atoms with Gasteiger partial charge in [-0.1, -0.05) is 37.5 Å². The van der Waals surface area contributed by atoms with Gasteiger partial charge >= 0.3 is 0 Å². The Hall–Kier alpha value is -2.53. The minimum Gasteiger partial charge on any atom is -0.496 e. The van der Waals surface area contributed by atoms with Crippen molar-refractivity contribution in [1.82, 2.24) is 0 Å². The summed E-state index contributed by atoms with van der Waals surface area (Å²) < 4.78 is 10.9. The molecular weight excluding hydrogens is 460 g/mol. The predicted octanol–water partition coefficient (Wildman–Crippen LogP) is 6.73. The third kappa shape index (κ3) is 5.98. The average molecular weight is 505 g/mol. The van der Waals surface area contributed by atoms with E-state index in [-0.39, 0.29) is 5.92 Å². The SMILES string of the molecule is COc1ccc(C2CCC(CN(C(=O)C3CCCCC3)c3cccc(N4CC(OC)C4)c3)CC2)cc1C. The molecule has 1 amide bonds. The highest BCUT2D eigenvalue weighted by molar-refractivity contribution is 5.95. The van der Waals surface area contributed by atoms with Crippen LogP contribution in [0.1, 0.15) is 74.8 Å². The van der Waals surface area contributed by atoms with Crippen molar-refractivity contribution in [2.45, 2.75) is 76.7 Å². The van der Waals surface area contributed by atoms with Crippen molar-refractivity contribution in [3.63, 3.8) is 0 Å². The predicted molar refractivity (Wildman–Crippen MR) is 151 cm³/mol. The molecule has 2 aliphatic carbocycles. The molecule has 3 fully saturated rings. The molecule has 2 aromatic carbocycles. The number of methoxy groups -OCH3 is 2. The lowest BCUT2D eigenvalue weighted by molar-refractivity contribution is -0.123. The Bertz CT molecular complexity index is 1050. The topological polar surface area (TPSA) is 42.0 Å². The number of nitrogens with zero attached hydrogens (tertiary/aromatic N) is 2. The molecule has 0 atom stereocenters. The fraction of sp³-hybridized carbons (Fsp3) is 0.594. The molecule has 200 valence electrons. The second-order valence-corrected chi connectivity index (χ2v) is 11.5. The zero-order valence-electron chi connectivity index (χ0n) is 23.0. The normalized spacial score (nSPS) is 22.9. The van der Waals surface area contributed by atoms with E-state index in [0.717, 1.165) is 43.9 Å². The molecule has 5 heteroatoms. The first-order chi connectivity index (χ1) is 18.1. The van der Waals surface area contributed by atoms with Crippen LogP contribution in [0.5, 0.6) is 5.75 Å². The van der Waals surface area contributed by atoms with E-state index >= 15 is 0 Å². The minimum absolute atomic E-state index is 0.179. The lowest BCUT2D eigenvalue weighted by atomic mass is 9.78. The van der Waals surface area contributed by atoms with Crippen molar-refractivity contribution in [1.29, 1.82) is 0 Å². The van der Waals surface area contributed by atoms with Crippen molar-refractivity contribution >= 4 is 17.3 Å². The van der Waals surface area contributed by atoms with E-state index in [1.54, 1.807) is 14.2 Å². The van der Waals surface area contributed by atoms with Crippen LogP contribution >= 0.6 is 0 Å². The first-order valence-electron chi connectivity index (χ1n) is 14.4. The van der Waals surface area contributed by atoms with Crippen LogP contribution in [0.25, 0.3) is 0 Å². The number of carbonyl (C=O) groups excluding carboxylic acids is 1. The first-order valence-corrected chi connectivity index (χ1v) is 14.4. The second-order valence-electron chi connectivity index (χ2n) is 11.5. The van der Waals surface area contributed by atoms with Crippen LogP contribution in [-0.4, -0.2) is 45.9 Å². The van der Waals surface area contributed by atoms with Crippen molar-refractivity contribution in [3.8, 4) is 5.75 Å². The molecule has 0 unspecified atom stereocenters. The highest BCUT2D eigenvalue weighted by Gasteiger charge is 2.32. The van der Waals surface area contributed by atoms with Gasteiger partial charge in [0, 0.05) is 44.0 Å². The molecule has 1 heterocycles. The van der Waals surface area contributed by atoms with Gasteiger partial charge < -0.3 is 19.3 Å². The zero-order valence-corrected chi connectivity index (χ0v) is 23.0. The number of anilines is 2. The second kappa shape index (κ2) is 11.9. The number of benzene rings is 2. The quantitative estimate of drug-likeness (QED) is 0.400. The first kappa shape index (κ1) is 26.1. The van der Waals surface area contributed by atoms with Crippen molar-refractivity contribution < 1.29 is 14.3 Å². The number of carbonyl (C=O) groups is 1. The minimum atomic E-state index is 0.179. The summed E-state index contributed by atoms with van der Waals surface area (Å²) in [5.41, 5.74) is 4.92. The Balaban J connectivity index is 1.28. The van der Waals surface area contributed by atoms with Crippen LogP contribution < -0.4 is 14.5 Å². The van der Waals surface area contributed by atoms with Crippen molar-refractivity contribution in [2.24, 2.45) is 11.8 Å². The molecule has 2 aromatic rings. The monoisotopic (exact) mass is 504 g/mol. The van der Waals surface area contributed by atoms with Gasteiger partial charge in [-0.05, 0) is 92.7 Å². The number of hydrogen-bond acceptors (Lipinski definition) is 4. The standard InChI is InChI=1S/C32H44N2O3/c1-23-18-27(16-17-31(23)37-3)25-14-12-24(13-15-25)20-34(32(35)26-8-5-4-6-9-26)29-11-7-10-28(19-29)33-21-30(22-33)36-2/h7,10-11,16-19,24-26,30H,4-6,8-9,12-15,20-22H2,1-3H3. The van der Waals surface area contributed by atoms with E-state index in [2.05, 4.69) is 59.2 Å². The van der Waals surface area contributed by atoms with Gasteiger partial charge in [0.05, 0.1) is 13.2 Å². The Morgan fingerprint density at radius 3 is 2.38 bits per heavy atom. The Morgan fingerprint density at radius 1 is 0.946 bits per heavy atom. The van der Waals surface area contributed by atoms with Gasteiger partial charge in [-0.3, -0.25) is 4.79 Å². The third-order valence-electron chi connectivity index (χ3n) is 9.09. The summed E-state index contributed by atoms with van der Waals surface area (Å²) in [7, 11) is 3.52. The van der Waals surface area contributed by atoms with Gasteiger partial charge in [0.2, 0.25) is 5.91 Å². The highest BCUT2D eigenvalue weighted by Crippen LogP contribution is 2.39. The maximum absolute atomic E-state index is 13.9. The van der Waals surface area contributed by atoms with Gasteiger partial charge in [-0.25, -0.2) is 0 Å². The van der Waals surface area contributed by atoms with E-state index < -0.39 is 0 Å². The largest absolute Gasteiger partial charge is 0.496 e. The van der Waals surface area contributed by atoms with E-state index in [4.69, 9.17) is 9.47 Å². The van der Waals surface area contributed by atoms with Crippen LogP contribution in [0.15, 0.2) is 42.5 Å². The van der Waals surface area contributed by atoms with Gasteiger partial charge in [0.15, 0.2) is 0 Å². The summed E-state index contributed by atoms with van der Waals surface area (Å²) >= 11 is 0. The van der Waals surface area contributed by atoms with E-state index in [1.165, 1.54) is 61.8 Å². The molecule has 0 N–H and O–H groups in total. The Morgan fingerprint density at radius 2 is 1.70 bits per heavy atom. The molecule has 5 rings (SSSR count). The molecule has 0 bridgehead atoms. The maximum atomic E-state index is 13.9. The maximum Gasteiger partial charge on any atom is 0.230 e. The summed E-state index contributed by atoms with van der Waals surface area (Å²) in [6, 6.07) is 15.3. The average Bonchev–Trinajstić information content (AvgIpc) is 2.92. The molecule has 2 saturated carbocycles. The number of hydrogen-bond donors (Lipinski definition) is 0. The van der Waals surface area contributed by atoms with Crippen LogP contribution in [0.2, 0.25) is 0 Å². The summed E-state index contributed by atoms with van der Waals surface area (Å²) in [4.78, 5) is 18.4. The third-order valence-corrected chi connectivity index (χ3v) is 9.09. The van der Waals surface area contributed by atoms with E-state index in [9.17, 15) is 4.79 Å². The van der Waals surface area contributed by atoms with Crippen molar-refractivity contribution in [3.05, 3.63) is 53.6 Å². The summed E-state index contributed by atoms with van der Waals surface area (Å²) in [6.07, 6.45) is 10.8. The van der Waals surface area contributed by atoms with Gasteiger partial charge in [-0.2, -0.15) is 0 Å². The van der Waals surface area contributed by atoms with E-state index in [1.807, 2.05) is 0 Å². The van der Waals surface area contributed by atoms with Crippen LogP contribution in [0.4, 0.5) is 11.4 Å².